The van der Waals surface area contributed by atoms with Crippen LogP contribution < -0.4 is 0 Å². The molecule has 0 saturated heterocycles. The zero-order chi connectivity index (χ0) is 16.1. The monoisotopic (exact) mass is 338 g/mol. The largest absolute Gasteiger partial charge is 0.461 e. The van der Waals surface area contributed by atoms with Crippen LogP contribution in [0.25, 0.3) is 0 Å². The van der Waals surface area contributed by atoms with Crippen molar-refractivity contribution in [2.75, 3.05) is 18.6 Å². The van der Waals surface area contributed by atoms with Crippen LogP contribution >= 0.6 is 23.4 Å². The SMILES string of the molecule is CSCCOC(=O)c1c(C)nn(Cc2ccccc2Cl)c1C. The van der Waals surface area contributed by atoms with Crippen LogP contribution in [-0.2, 0) is 11.3 Å². The quantitative estimate of drug-likeness (QED) is 0.594. The van der Waals surface area contributed by atoms with Crippen LogP contribution in [0.3, 0.4) is 0 Å². The topological polar surface area (TPSA) is 44.1 Å². The number of aryl methyl sites for hydroxylation is 1. The summed E-state index contributed by atoms with van der Waals surface area (Å²) in [5, 5.41) is 5.14. The van der Waals surface area contributed by atoms with Gasteiger partial charge in [0.1, 0.15) is 12.2 Å². The molecule has 1 aromatic carbocycles. The third-order valence-corrected chi connectivity index (χ3v) is 4.33. The molecule has 2 rings (SSSR count). The molecule has 0 atom stereocenters. The summed E-state index contributed by atoms with van der Waals surface area (Å²) in [5.74, 6) is 0.479. The molecular formula is C16H19ClN2O2S. The van der Waals surface area contributed by atoms with E-state index in [1.165, 1.54) is 0 Å². The molecule has 1 aromatic heterocycles. The van der Waals surface area contributed by atoms with Crippen molar-refractivity contribution < 1.29 is 9.53 Å². The number of halogens is 1. The first kappa shape index (κ1) is 16.9. The second-order valence-corrected chi connectivity index (χ2v) is 6.32. The van der Waals surface area contributed by atoms with E-state index in [0.29, 0.717) is 29.4 Å². The van der Waals surface area contributed by atoms with Crippen molar-refractivity contribution >= 4 is 29.3 Å². The van der Waals surface area contributed by atoms with Crippen LogP contribution in [0.4, 0.5) is 0 Å². The van der Waals surface area contributed by atoms with Gasteiger partial charge >= 0.3 is 5.97 Å². The Morgan fingerprint density at radius 3 is 2.77 bits per heavy atom. The summed E-state index contributed by atoms with van der Waals surface area (Å²) >= 11 is 7.83. The predicted molar refractivity (Wildman–Crippen MR) is 90.9 cm³/mol. The van der Waals surface area contributed by atoms with Gasteiger partial charge in [-0.05, 0) is 31.7 Å². The van der Waals surface area contributed by atoms with Crippen molar-refractivity contribution in [1.82, 2.24) is 9.78 Å². The van der Waals surface area contributed by atoms with Crippen LogP contribution in [0.5, 0.6) is 0 Å². The first-order valence-electron chi connectivity index (χ1n) is 6.98. The first-order chi connectivity index (χ1) is 10.5. The van der Waals surface area contributed by atoms with E-state index in [0.717, 1.165) is 17.0 Å². The summed E-state index contributed by atoms with van der Waals surface area (Å²) in [6.45, 7) is 4.64. The number of thioether (sulfide) groups is 1. The number of benzene rings is 1. The molecule has 0 saturated carbocycles. The molecule has 2 aromatic rings. The second-order valence-electron chi connectivity index (χ2n) is 4.92. The van der Waals surface area contributed by atoms with Crippen molar-refractivity contribution in [3.05, 3.63) is 51.8 Å². The van der Waals surface area contributed by atoms with Gasteiger partial charge in [0.05, 0.1) is 17.9 Å². The molecule has 1 heterocycles. The number of esters is 1. The molecule has 0 N–H and O–H groups in total. The van der Waals surface area contributed by atoms with Gasteiger partial charge in [0.2, 0.25) is 0 Å². The molecule has 0 bridgehead atoms. The van der Waals surface area contributed by atoms with Crippen molar-refractivity contribution in [2.24, 2.45) is 0 Å². The minimum Gasteiger partial charge on any atom is -0.461 e. The minimum atomic E-state index is -0.311. The molecule has 0 aliphatic carbocycles. The third-order valence-electron chi connectivity index (χ3n) is 3.38. The number of ether oxygens (including phenoxy) is 1. The lowest BCUT2D eigenvalue weighted by Gasteiger charge is -2.07. The van der Waals surface area contributed by atoms with E-state index >= 15 is 0 Å². The highest BCUT2D eigenvalue weighted by Crippen LogP contribution is 2.20. The Hall–Kier alpha value is -1.46. The van der Waals surface area contributed by atoms with Gasteiger partial charge in [-0.3, -0.25) is 4.68 Å². The van der Waals surface area contributed by atoms with Crippen LogP contribution in [0.2, 0.25) is 5.02 Å². The van der Waals surface area contributed by atoms with Crippen LogP contribution in [0.1, 0.15) is 27.3 Å². The number of nitrogens with zero attached hydrogens (tertiary/aromatic N) is 2. The Labute approximate surface area is 139 Å². The molecule has 0 spiro atoms. The summed E-state index contributed by atoms with van der Waals surface area (Å²) in [6.07, 6.45) is 1.98. The molecule has 118 valence electrons. The summed E-state index contributed by atoms with van der Waals surface area (Å²) < 4.78 is 7.07. The first-order valence-corrected chi connectivity index (χ1v) is 8.75. The molecule has 22 heavy (non-hydrogen) atoms. The molecule has 0 radical (unpaired) electrons. The second kappa shape index (κ2) is 7.70. The molecule has 0 fully saturated rings. The maximum atomic E-state index is 12.2. The van der Waals surface area contributed by atoms with Gasteiger partial charge in [0, 0.05) is 10.8 Å². The van der Waals surface area contributed by atoms with E-state index in [4.69, 9.17) is 16.3 Å². The molecule has 0 aliphatic heterocycles. The van der Waals surface area contributed by atoms with E-state index in [1.807, 2.05) is 44.4 Å². The highest BCUT2D eigenvalue weighted by molar-refractivity contribution is 7.98. The average molecular weight is 339 g/mol. The molecule has 4 nitrogen and oxygen atoms in total. The lowest BCUT2D eigenvalue weighted by atomic mass is 10.2. The van der Waals surface area contributed by atoms with E-state index < -0.39 is 0 Å². The molecular weight excluding hydrogens is 320 g/mol. The van der Waals surface area contributed by atoms with Gasteiger partial charge in [-0.25, -0.2) is 4.79 Å². The van der Waals surface area contributed by atoms with E-state index in [1.54, 1.807) is 16.4 Å². The number of carbonyl (C=O) groups is 1. The Morgan fingerprint density at radius 2 is 2.09 bits per heavy atom. The van der Waals surface area contributed by atoms with Crippen molar-refractivity contribution in [1.29, 1.82) is 0 Å². The Morgan fingerprint density at radius 1 is 1.36 bits per heavy atom. The van der Waals surface area contributed by atoms with Crippen molar-refractivity contribution in [3.8, 4) is 0 Å². The highest BCUT2D eigenvalue weighted by Gasteiger charge is 2.20. The van der Waals surface area contributed by atoms with Gasteiger partial charge in [0.25, 0.3) is 0 Å². The normalized spacial score (nSPS) is 10.7. The summed E-state index contributed by atoms with van der Waals surface area (Å²) in [5.41, 5.74) is 3.00. The van der Waals surface area contributed by atoms with Crippen molar-refractivity contribution in [3.63, 3.8) is 0 Å². The minimum absolute atomic E-state index is 0.311. The van der Waals surface area contributed by atoms with Gasteiger partial charge in [-0.1, -0.05) is 29.8 Å². The number of rotatable bonds is 6. The average Bonchev–Trinajstić information content (AvgIpc) is 2.76. The smallest absolute Gasteiger partial charge is 0.341 e. The number of hydrogen-bond acceptors (Lipinski definition) is 4. The van der Waals surface area contributed by atoms with Crippen LogP contribution in [0.15, 0.2) is 24.3 Å². The summed E-state index contributed by atoms with van der Waals surface area (Å²) in [6, 6.07) is 7.63. The maximum absolute atomic E-state index is 12.2. The highest BCUT2D eigenvalue weighted by atomic mass is 35.5. The van der Waals surface area contributed by atoms with Gasteiger partial charge in [0.15, 0.2) is 0 Å². The maximum Gasteiger partial charge on any atom is 0.341 e. The zero-order valence-electron chi connectivity index (χ0n) is 12.9. The standard InChI is InChI=1S/C16H19ClN2O2S/c1-11-15(16(20)21-8-9-22-3)12(2)19(18-11)10-13-6-4-5-7-14(13)17/h4-7H,8-10H2,1-3H3. The van der Waals surface area contributed by atoms with Crippen molar-refractivity contribution in [2.45, 2.75) is 20.4 Å². The molecule has 0 unspecified atom stereocenters. The fourth-order valence-electron chi connectivity index (χ4n) is 2.22. The Balaban J connectivity index is 2.20. The van der Waals surface area contributed by atoms with Crippen LogP contribution in [-0.4, -0.2) is 34.4 Å². The summed E-state index contributed by atoms with van der Waals surface area (Å²) in [4.78, 5) is 12.2. The number of aromatic nitrogens is 2. The Bertz CT molecular complexity index is 670. The van der Waals surface area contributed by atoms with E-state index in [9.17, 15) is 4.79 Å². The molecule has 0 amide bonds. The van der Waals surface area contributed by atoms with Gasteiger partial charge in [-0.15, -0.1) is 0 Å². The number of hydrogen-bond donors (Lipinski definition) is 0. The Kier molecular flexibility index (Phi) is 5.91. The third kappa shape index (κ3) is 3.84. The van der Waals surface area contributed by atoms with Gasteiger partial charge in [-0.2, -0.15) is 16.9 Å². The summed E-state index contributed by atoms with van der Waals surface area (Å²) in [7, 11) is 0. The molecule has 6 heteroatoms. The van der Waals surface area contributed by atoms with Gasteiger partial charge < -0.3 is 4.74 Å². The zero-order valence-corrected chi connectivity index (χ0v) is 14.5. The van der Waals surface area contributed by atoms with E-state index in [-0.39, 0.29) is 5.97 Å². The lowest BCUT2D eigenvalue weighted by molar-refractivity contribution is 0.0528. The van der Waals surface area contributed by atoms with Crippen LogP contribution in [0, 0.1) is 13.8 Å². The lowest BCUT2D eigenvalue weighted by Crippen LogP contribution is -2.11. The fraction of sp³-hybridized carbons (Fsp3) is 0.375. The fourth-order valence-corrected chi connectivity index (χ4v) is 2.67. The number of carbonyl (C=O) groups excluding carboxylic acids is 1. The predicted octanol–water partition coefficient (Wildman–Crippen LogP) is 3.72. The van der Waals surface area contributed by atoms with E-state index in [2.05, 4.69) is 5.10 Å². The molecule has 0 aliphatic rings.